The Balaban J connectivity index is 3.61. The molecule has 0 fully saturated rings. The molecule has 0 aliphatic heterocycles. The predicted octanol–water partition coefficient (Wildman–Crippen LogP) is 5.15. The summed E-state index contributed by atoms with van der Waals surface area (Å²) in [5.74, 6) is 0.848. The lowest BCUT2D eigenvalue weighted by Gasteiger charge is -2.19. The summed E-state index contributed by atoms with van der Waals surface area (Å²) >= 11 is 0. The summed E-state index contributed by atoms with van der Waals surface area (Å²) in [6.07, 6.45) is 12.4. The number of nitrogens with one attached hydrogen (secondary N) is 1. The molecule has 1 unspecified atom stereocenters. The highest BCUT2D eigenvalue weighted by atomic mass is 14.9. The summed E-state index contributed by atoms with van der Waals surface area (Å²) in [4.78, 5) is 0. The third-order valence-electron chi connectivity index (χ3n) is 3.43. The number of rotatable bonds is 12. The standard InChI is InChI=1S/C16H35N/c1-5-7-8-9-10-11-16(17-14-6-2)13-12-15(3)4/h15-17H,5-14H2,1-4H3. The molecule has 0 aromatic rings. The third kappa shape index (κ3) is 12.2. The van der Waals surface area contributed by atoms with Crippen LogP contribution in [0.4, 0.5) is 0 Å². The molecule has 0 bridgehead atoms. The van der Waals surface area contributed by atoms with E-state index in [1.807, 2.05) is 0 Å². The lowest BCUT2D eigenvalue weighted by molar-refractivity contribution is 0.396. The molecule has 0 aromatic heterocycles. The van der Waals surface area contributed by atoms with Gasteiger partial charge in [0, 0.05) is 6.04 Å². The zero-order valence-corrected chi connectivity index (χ0v) is 12.7. The summed E-state index contributed by atoms with van der Waals surface area (Å²) < 4.78 is 0. The average molecular weight is 241 g/mol. The van der Waals surface area contributed by atoms with Gasteiger partial charge in [-0.1, -0.05) is 59.8 Å². The summed E-state index contributed by atoms with van der Waals surface area (Å²) in [6.45, 7) is 10.4. The first-order valence-corrected chi connectivity index (χ1v) is 7.94. The Morgan fingerprint density at radius 2 is 1.47 bits per heavy atom. The van der Waals surface area contributed by atoms with E-state index in [4.69, 9.17) is 0 Å². The van der Waals surface area contributed by atoms with Crippen molar-refractivity contribution < 1.29 is 0 Å². The van der Waals surface area contributed by atoms with E-state index in [1.165, 1.54) is 64.3 Å². The molecular weight excluding hydrogens is 206 g/mol. The molecular formula is C16H35N. The average Bonchev–Trinajstić information content (AvgIpc) is 2.31. The Morgan fingerprint density at radius 3 is 2.06 bits per heavy atom. The van der Waals surface area contributed by atoms with Gasteiger partial charge >= 0.3 is 0 Å². The van der Waals surface area contributed by atoms with Crippen molar-refractivity contribution in [3.8, 4) is 0 Å². The molecule has 0 saturated heterocycles. The van der Waals surface area contributed by atoms with Gasteiger partial charge in [0.25, 0.3) is 0 Å². The monoisotopic (exact) mass is 241 g/mol. The molecule has 0 spiro atoms. The van der Waals surface area contributed by atoms with Gasteiger partial charge < -0.3 is 5.32 Å². The normalized spacial score (nSPS) is 13.2. The Hall–Kier alpha value is -0.0400. The smallest absolute Gasteiger partial charge is 0.00671 e. The second-order valence-corrected chi connectivity index (χ2v) is 5.83. The number of unbranched alkanes of at least 4 members (excludes halogenated alkanes) is 4. The highest BCUT2D eigenvalue weighted by Crippen LogP contribution is 2.13. The van der Waals surface area contributed by atoms with Crippen LogP contribution in [0.2, 0.25) is 0 Å². The lowest BCUT2D eigenvalue weighted by Crippen LogP contribution is -2.30. The topological polar surface area (TPSA) is 12.0 Å². The Bertz CT molecular complexity index is 142. The summed E-state index contributed by atoms with van der Waals surface area (Å²) in [6, 6.07) is 0.777. The quantitative estimate of drug-likeness (QED) is 0.466. The van der Waals surface area contributed by atoms with E-state index in [0.29, 0.717) is 0 Å². The van der Waals surface area contributed by atoms with Gasteiger partial charge in [-0.2, -0.15) is 0 Å². The van der Waals surface area contributed by atoms with Crippen molar-refractivity contribution in [1.29, 1.82) is 0 Å². The van der Waals surface area contributed by atoms with Crippen molar-refractivity contribution in [2.24, 2.45) is 5.92 Å². The summed E-state index contributed by atoms with van der Waals surface area (Å²) in [5, 5.41) is 3.72. The predicted molar refractivity (Wildman–Crippen MR) is 79.5 cm³/mol. The van der Waals surface area contributed by atoms with E-state index in [1.54, 1.807) is 0 Å². The van der Waals surface area contributed by atoms with Crippen LogP contribution in [0.15, 0.2) is 0 Å². The van der Waals surface area contributed by atoms with Crippen LogP contribution in [0, 0.1) is 5.92 Å². The zero-order valence-electron chi connectivity index (χ0n) is 12.7. The van der Waals surface area contributed by atoms with Gasteiger partial charge in [-0.3, -0.25) is 0 Å². The molecule has 0 heterocycles. The van der Waals surface area contributed by atoms with E-state index in [9.17, 15) is 0 Å². The molecule has 0 aliphatic rings. The summed E-state index contributed by atoms with van der Waals surface area (Å²) in [7, 11) is 0. The number of hydrogen-bond donors (Lipinski definition) is 1. The second-order valence-electron chi connectivity index (χ2n) is 5.83. The minimum Gasteiger partial charge on any atom is -0.314 e. The van der Waals surface area contributed by atoms with E-state index < -0.39 is 0 Å². The molecule has 1 nitrogen and oxygen atoms in total. The van der Waals surface area contributed by atoms with Crippen molar-refractivity contribution in [2.75, 3.05) is 6.54 Å². The first-order chi connectivity index (χ1) is 8.20. The SMILES string of the molecule is CCCCCCCC(CCC(C)C)NCCC. The second kappa shape index (κ2) is 12.4. The maximum Gasteiger partial charge on any atom is 0.00671 e. The van der Waals surface area contributed by atoms with Crippen LogP contribution in [0.1, 0.15) is 85.5 Å². The number of hydrogen-bond acceptors (Lipinski definition) is 1. The van der Waals surface area contributed by atoms with Crippen LogP contribution in [-0.4, -0.2) is 12.6 Å². The molecule has 0 saturated carbocycles. The van der Waals surface area contributed by atoms with Crippen molar-refractivity contribution in [3.05, 3.63) is 0 Å². The van der Waals surface area contributed by atoms with E-state index in [-0.39, 0.29) is 0 Å². The maximum atomic E-state index is 3.72. The van der Waals surface area contributed by atoms with E-state index >= 15 is 0 Å². The van der Waals surface area contributed by atoms with Gasteiger partial charge in [0.05, 0.1) is 0 Å². The minimum atomic E-state index is 0.777. The molecule has 0 amide bonds. The highest BCUT2D eigenvalue weighted by Gasteiger charge is 2.08. The van der Waals surface area contributed by atoms with Gasteiger partial charge in [-0.25, -0.2) is 0 Å². The highest BCUT2D eigenvalue weighted by molar-refractivity contribution is 4.67. The first-order valence-electron chi connectivity index (χ1n) is 7.94. The van der Waals surface area contributed by atoms with Crippen molar-refractivity contribution in [2.45, 2.75) is 91.5 Å². The Kier molecular flexibility index (Phi) is 12.4. The van der Waals surface area contributed by atoms with Gasteiger partial charge in [-0.05, 0) is 38.1 Å². The fraction of sp³-hybridized carbons (Fsp3) is 1.00. The molecule has 0 aromatic carbocycles. The zero-order chi connectivity index (χ0) is 12.9. The molecule has 17 heavy (non-hydrogen) atoms. The van der Waals surface area contributed by atoms with Crippen LogP contribution >= 0.6 is 0 Å². The van der Waals surface area contributed by atoms with E-state index in [0.717, 1.165) is 12.0 Å². The van der Waals surface area contributed by atoms with Crippen LogP contribution in [-0.2, 0) is 0 Å². The maximum absolute atomic E-state index is 3.72. The molecule has 0 rings (SSSR count). The van der Waals surface area contributed by atoms with Crippen molar-refractivity contribution in [1.82, 2.24) is 5.32 Å². The fourth-order valence-electron chi connectivity index (χ4n) is 2.23. The fourth-order valence-corrected chi connectivity index (χ4v) is 2.23. The van der Waals surface area contributed by atoms with Crippen molar-refractivity contribution in [3.63, 3.8) is 0 Å². The minimum absolute atomic E-state index is 0.777. The van der Waals surface area contributed by atoms with Crippen LogP contribution in [0.25, 0.3) is 0 Å². The van der Waals surface area contributed by atoms with Crippen molar-refractivity contribution >= 4 is 0 Å². The van der Waals surface area contributed by atoms with Gasteiger partial charge in [0.1, 0.15) is 0 Å². The lowest BCUT2D eigenvalue weighted by atomic mass is 9.98. The summed E-state index contributed by atoms with van der Waals surface area (Å²) in [5.41, 5.74) is 0. The van der Waals surface area contributed by atoms with E-state index in [2.05, 4.69) is 33.0 Å². The van der Waals surface area contributed by atoms with Crippen LogP contribution < -0.4 is 5.32 Å². The van der Waals surface area contributed by atoms with Gasteiger partial charge in [-0.15, -0.1) is 0 Å². The molecule has 1 atom stereocenters. The molecule has 0 radical (unpaired) electrons. The first kappa shape index (κ1) is 17.0. The van der Waals surface area contributed by atoms with Crippen LogP contribution in [0.5, 0.6) is 0 Å². The Morgan fingerprint density at radius 1 is 0.765 bits per heavy atom. The molecule has 1 N–H and O–H groups in total. The molecule has 1 heteroatoms. The molecule has 104 valence electrons. The van der Waals surface area contributed by atoms with Crippen LogP contribution in [0.3, 0.4) is 0 Å². The third-order valence-corrected chi connectivity index (χ3v) is 3.43. The largest absolute Gasteiger partial charge is 0.314 e. The molecule has 0 aliphatic carbocycles. The van der Waals surface area contributed by atoms with Gasteiger partial charge in [0.2, 0.25) is 0 Å². The van der Waals surface area contributed by atoms with Gasteiger partial charge in [0.15, 0.2) is 0 Å². The Labute approximate surface area is 110 Å².